The van der Waals surface area contributed by atoms with Crippen molar-refractivity contribution < 1.29 is 48.4 Å². The topological polar surface area (TPSA) is 308 Å². The molecule has 4 aromatic rings. The molecule has 42 heavy (non-hydrogen) atoms. The molecule has 1 unspecified atom stereocenters. The van der Waals surface area contributed by atoms with Crippen molar-refractivity contribution in [2.24, 2.45) is 0 Å². The molecule has 2 saturated heterocycles. The number of fused-ring (bicyclic) bond motifs is 2. The van der Waals surface area contributed by atoms with Gasteiger partial charge in [-0.3, -0.25) is 28.4 Å². The number of hydrogen-bond donors (Lipinski definition) is 8. The molecule has 226 valence electrons. The molecule has 22 heteroatoms. The number of nitrogens with two attached hydrogens (primary N) is 1. The van der Waals surface area contributed by atoms with Crippen molar-refractivity contribution in [2.75, 3.05) is 18.9 Å². The third-order valence-electron chi connectivity index (χ3n) is 6.88. The van der Waals surface area contributed by atoms with Gasteiger partial charge in [0.15, 0.2) is 23.0 Å². The third kappa shape index (κ3) is 4.80. The van der Waals surface area contributed by atoms with E-state index in [2.05, 4.69) is 30.0 Å². The summed E-state index contributed by atoms with van der Waals surface area (Å²) in [5, 5.41) is 45.3. The fraction of sp³-hybridized carbons (Fsp3) is 0.500. The first-order valence-electron chi connectivity index (χ1n) is 12.2. The van der Waals surface area contributed by atoms with Gasteiger partial charge in [-0.25, -0.2) is 19.3 Å². The van der Waals surface area contributed by atoms with Gasteiger partial charge in [-0.05, 0) is 0 Å². The normalized spacial score (nSPS) is 31.3. The van der Waals surface area contributed by atoms with Crippen LogP contribution in [0.1, 0.15) is 17.9 Å². The van der Waals surface area contributed by atoms with E-state index < -0.39 is 81.2 Å². The van der Waals surface area contributed by atoms with Gasteiger partial charge in [-0.15, -0.1) is 0 Å². The van der Waals surface area contributed by atoms with E-state index in [4.69, 9.17) is 24.3 Å². The SMILES string of the molecule is Nc1nc2c(ncn2[C@@H]2O[C@H](CO)[C@H](O)[C@@H]2OP(=O)(O)OC[C@H]2O[C@@H](c3cnn4c(=O)[nH]cnc34)[C@@H](O)[C@H]2O)c(=O)[nH]1. The number of aliphatic hydroxyl groups is 4. The number of imidazole rings is 1. The number of nitrogen functional groups attached to an aromatic ring is 1. The van der Waals surface area contributed by atoms with Crippen molar-refractivity contribution in [3.63, 3.8) is 0 Å². The number of nitrogens with zero attached hydrogens (tertiary/aromatic N) is 6. The second-order valence-electron chi connectivity index (χ2n) is 9.47. The van der Waals surface area contributed by atoms with E-state index in [1.807, 2.05) is 0 Å². The molecule has 0 aliphatic carbocycles. The Labute approximate surface area is 231 Å². The van der Waals surface area contributed by atoms with Crippen molar-refractivity contribution in [2.45, 2.75) is 49.0 Å². The Bertz CT molecular complexity index is 1790. The zero-order chi connectivity index (χ0) is 29.9. The molecule has 0 radical (unpaired) electrons. The van der Waals surface area contributed by atoms with Gasteiger partial charge in [0.2, 0.25) is 5.95 Å². The molecular weight excluding hydrogens is 589 g/mol. The molecule has 6 heterocycles. The lowest BCUT2D eigenvalue weighted by atomic mass is 10.0. The first-order valence-corrected chi connectivity index (χ1v) is 13.7. The molecule has 0 bridgehead atoms. The highest BCUT2D eigenvalue weighted by Gasteiger charge is 2.50. The van der Waals surface area contributed by atoms with E-state index in [-0.39, 0.29) is 28.3 Å². The highest BCUT2D eigenvalue weighted by molar-refractivity contribution is 7.47. The molecule has 2 aliphatic rings. The molecule has 2 fully saturated rings. The molecule has 0 amide bonds. The zero-order valence-electron chi connectivity index (χ0n) is 21.1. The second-order valence-corrected chi connectivity index (χ2v) is 10.9. The predicted octanol–water partition coefficient (Wildman–Crippen LogP) is -3.95. The smallest absolute Gasteiger partial charge is 0.394 e. The standard InChI is InChI=1S/C20H24N9O12P/c21-19-26-16-9(17(34)27-19)24-5-28(16)18-14(11(32)7(2-30)40-18)41-42(36,37)38-3-8-10(31)12(33)13(39-8)6-1-25-29-15(6)22-4-23-20(29)35/h1,4-5,7-8,10-14,18,30-33H,2-3H2,(H,36,37)(H,22,23,35)(H3,21,26,27,34)/t7-,8-,10+,11+,12+,13+,14+,18-/m1/s1. The number of H-pyrrole nitrogens is 2. The molecule has 0 aromatic carbocycles. The maximum atomic E-state index is 13.0. The molecule has 2 aliphatic heterocycles. The third-order valence-corrected chi connectivity index (χ3v) is 7.87. The summed E-state index contributed by atoms with van der Waals surface area (Å²) in [6.45, 7) is -1.47. The maximum absolute atomic E-state index is 13.0. The Morgan fingerprint density at radius 1 is 1.10 bits per heavy atom. The number of hydrogen-bond acceptors (Lipinski definition) is 16. The molecule has 9 N–H and O–H groups in total. The number of nitrogens with one attached hydrogen (secondary N) is 2. The van der Waals surface area contributed by atoms with Gasteiger partial charge in [-0.2, -0.15) is 14.6 Å². The van der Waals surface area contributed by atoms with Crippen molar-refractivity contribution in [3.05, 3.63) is 45.3 Å². The van der Waals surface area contributed by atoms with Crippen LogP contribution in [0.2, 0.25) is 0 Å². The lowest BCUT2D eigenvalue weighted by molar-refractivity contribution is -0.0550. The van der Waals surface area contributed by atoms with Gasteiger partial charge in [0.25, 0.3) is 5.56 Å². The summed E-state index contributed by atoms with van der Waals surface area (Å²) in [4.78, 5) is 51.1. The van der Waals surface area contributed by atoms with E-state index in [0.29, 0.717) is 0 Å². The fourth-order valence-corrected chi connectivity index (χ4v) is 5.81. The van der Waals surface area contributed by atoms with Crippen LogP contribution in [0, 0.1) is 0 Å². The number of anilines is 1. The minimum atomic E-state index is -5.07. The van der Waals surface area contributed by atoms with Gasteiger partial charge in [-0.1, -0.05) is 0 Å². The Kier molecular flexibility index (Phi) is 7.17. The Balaban J connectivity index is 1.19. The highest BCUT2D eigenvalue weighted by atomic mass is 31.2. The summed E-state index contributed by atoms with van der Waals surface area (Å²) in [7, 11) is -5.07. The van der Waals surface area contributed by atoms with Crippen molar-refractivity contribution in [1.29, 1.82) is 0 Å². The maximum Gasteiger partial charge on any atom is 0.472 e. The van der Waals surface area contributed by atoms with Crippen LogP contribution in [-0.2, 0) is 23.1 Å². The fourth-order valence-electron chi connectivity index (χ4n) is 4.87. The molecule has 21 nitrogen and oxygen atoms in total. The van der Waals surface area contributed by atoms with Crippen LogP contribution in [0.4, 0.5) is 5.95 Å². The summed E-state index contributed by atoms with van der Waals surface area (Å²) in [6, 6.07) is 0. The summed E-state index contributed by atoms with van der Waals surface area (Å²) >= 11 is 0. The minimum Gasteiger partial charge on any atom is -0.394 e. The van der Waals surface area contributed by atoms with Gasteiger partial charge in [0.05, 0.1) is 32.1 Å². The first kappa shape index (κ1) is 28.5. The van der Waals surface area contributed by atoms with Gasteiger partial charge < -0.3 is 40.5 Å². The molecule has 0 saturated carbocycles. The van der Waals surface area contributed by atoms with Crippen LogP contribution in [0.15, 0.2) is 28.4 Å². The van der Waals surface area contributed by atoms with Crippen molar-refractivity contribution >= 4 is 30.6 Å². The van der Waals surface area contributed by atoms with Crippen LogP contribution in [0.25, 0.3) is 16.8 Å². The monoisotopic (exact) mass is 613 g/mol. The van der Waals surface area contributed by atoms with Crippen LogP contribution in [-0.4, -0.2) is 114 Å². The van der Waals surface area contributed by atoms with E-state index in [0.717, 1.165) is 21.7 Å². The number of aromatic amines is 2. The number of phosphoric acid groups is 1. The zero-order valence-corrected chi connectivity index (χ0v) is 22.0. The lowest BCUT2D eigenvalue weighted by Gasteiger charge is -2.24. The summed E-state index contributed by atoms with van der Waals surface area (Å²) < 4.78 is 36.5. The predicted molar refractivity (Wildman–Crippen MR) is 133 cm³/mol. The number of rotatable bonds is 8. The minimum absolute atomic E-state index is 0.0534. The first-order chi connectivity index (χ1) is 20.0. The van der Waals surface area contributed by atoms with Crippen LogP contribution in [0.5, 0.6) is 0 Å². The van der Waals surface area contributed by atoms with Gasteiger partial charge >= 0.3 is 13.5 Å². The average Bonchev–Trinajstić information content (AvgIpc) is 3.69. The molecule has 6 rings (SSSR count). The summed E-state index contributed by atoms with van der Waals surface area (Å²) in [5.74, 6) is -0.262. The Hall–Kier alpha value is -3.63. The number of ether oxygens (including phenoxy) is 2. The lowest BCUT2D eigenvalue weighted by Crippen LogP contribution is -2.36. The van der Waals surface area contributed by atoms with Crippen molar-refractivity contribution in [1.82, 2.24) is 39.1 Å². The van der Waals surface area contributed by atoms with Crippen LogP contribution < -0.4 is 17.0 Å². The molecular formula is C20H24N9O12P. The molecule has 9 atom stereocenters. The number of aromatic nitrogens is 8. The molecule has 0 spiro atoms. The Morgan fingerprint density at radius 2 is 1.88 bits per heavy atom. The van der Waals surface area contributed by atoms with Crippen LogP contribution >= 0.6 is 7.82 Å². The number of aliphatic hydroxyl groups excluding tert-OH is 4. The summed E-state index contributed by atoms with van der Waals surface area (Å²) in [6.07, 6.45) is -8.32. The van der Waals surface area contributed by atoms with Gasteiger partial charge in [0.1, 0.15) is 42.7 Å². The van der Waals surface area contributed by atoms with E-state index >= 15 is 0 Å². The van der Waals surface area contributed by atoms with E-state index in [1.165, 1.54) is 6.20 Å². The van der Waals surface area contributed by atoms with Gasteiger partial charge in [0, 0.05) is 5.56 Å². The number of phosphoric ester groups is 1. The van der Waals surface area contributed by atoms with Crippen molar-refractivity contribution in [3.8, 4) is 0 Å². The average molecular weight is 613 g/mol. The Morgan fingerprint density at radius 3 is 2.64 bits per heavy atom. The van der Waals surface area contributed by atoms with Crippen LogP contribution in [0.3, 0.4) is 0 Å². The van der Waals surface area contributed by atoms with E-state index in [9.17, 15) is 39.5 Å². The summed E-state index contributed by atoms with van der Waals surface area (Å²) in [5.41, 5.74) is 4.31. The quantitative estimate of drug-likeness (QED) is 0.0879. The second kappa shape index (κ2) is 10.6. The molecule has 4 aromatic heterocycles. The van der Waals surface area contributed by atoms with E-state index in [1.54, 1.807) is 0 Å². The largest absolute Gasteiger partial charge is 0.472 e. The highest BCUT2D eigenvalue weighted by Crippen LogP contribution is 2.50.